The summed E-state index contributed by atoms with van der Waals surface area (Å²) < 4.78 is 74.1. The van der Waals surface area contributed by atoms with E-state index in [1.165, 1.54) is 0 Å². The molecule has 0 atom stereocenters. The van der Waals surface area contributed by atoms with Crippen LogP contribution in [0.15, 0.2) is 29.2 Å². The lowest BCUT2D eigenvalue weighted by Gasteiger charge is -2.10. The molecule has 0 unspecified atom stereocenters. The van der Waals surface area contributed by atoms with Crippen LogP contribution in [0.5, 0.6) is 5.75 Å². The number of pyridine rings is 1. The van der Waals surface area contributed by atoms with Gasteiger partial charge < -0.3 is 9.17 Å². The van der Waals surface area contributed by atoms with E-state index in [9.17, 15) is 35.7 Å². The van der Waals surface area contributed by atoms with E-state index in [4.69, 9.17) is 0 Å². The van der Waals surface area contributed by atoms with Gasteiger partial charge in [-0.1, -0.05) is 0 Å². The summed E-state index contributed by atoms with van der Waals surface area (Å²) in [7, 11) is -5.87. The second-order valence-electron chi connectivity index (χ2n) is 4.09. The number of aromatic amines is 1. The minimum atomic E-state index is -5.87. The molecule has 0 spiro atoms. The van der Waals surface area contributed by atoms with E-state index in [0.717, 1.165) is 24.4 Å². The van der Waals surface area contributed by atoms with Crippen LogP contribution >= 0.6 is 0 Å². The Labute approximate surface area is 124 Å². The predicted molar refractivity (Wildman–Crippen MR) is 66.7 cm³/mol. The van der Waals surface area contributed by atoms with Gasteiger partial charge in [0.25, 0.3) is 0 Å². The van der Waals surface area contributed by atoms with Crippen molar-refractivity contribution < 1.29 is 40.0 Å². The number of nitrogens with one attached hydrogen (secondary N) is 1. The summed E-state index contributed by atoms with van der Waals surface area (Å²) in [5.74, 6) is -2.28. The van der Waals surface area contributed by atoms with Gasteiger partial charge in [-0.2, -0.15) is 21.6 Å². The summed E-state index contributed by atoms with van der Waals surface area (Å²) in [6, 6.07) is 2.47. The zero-order valence-electron chi connectivity index (χ0n) is 10.7. The second kappa shape index (κ2) is 5.53. The zero-order chi connectivity index (χ0) is 17.4. The van der Waals surface area contributed by atoms with E-state index >= 15 is 0 Å². The van der Waals surface area contributed by atoms with Crippen LogP contribution in [0.4, 0.5) is 17.7 Å². The number of hydrogen-bond donors (Lipinski definition) is 1. The first-order chi connectivity index (χ1) is 10.6. The summed E-state index contributed by atoms with van der Waals surface area (Å²) in [6.45, 7) is 0. The van der Waals surface area contributed by atoms with Gasteiger partial charge in [0.1, 0.15) is 11.3 Å². The molecule has 0 saturated heterocycles. The summed E-state index contributed by atoms with van der Waals surface area (Å²) >= 11 is 0. The largest absolute Gasteiger partial charge is 0.534 e. The normalized spacial score (nSPS) is 12.2. The molecular weight excluding hydrogens is 350 g/mol. The molecule has 7 nitrogen and oxygen atoms in total. The van der Waals surface area contributed by atoms with E-state index in [-0.39, 0.29) is 10.9 Å². The molecule has 1 N–H and O–H groups in total. The minimum absolute atomic E-state index is 0.139. The second-order valence-corrected chi connectivity index (χ2v) is 5.62. The smallest absolute Gasteiger partial charge is 0.376 e. The standard InChI is InChI=1S/C11H5F4NO6S/c12-11(13,14)23(19,20)22-5-1-2-6-8(3-5)16-4-7(9(6)17)10(18)21-15/h1-4H,(H,16,17). The number of halogens is 4. The van der Waals surface area contributed by atoms with E-state index in [1.54, 1.807) is 0 Å². The number of rotatable bonds is 3. The number of fused-ring (bicyclic) bond motifs is 1. The molecule has 0 radical (unpaired) electrons. The molecule has 0 aliphatic heterocycles. The fraction of sp³-hybridized carbons (Fsp3) is 0.0909. The molecule has 12 heteroatoms. The third-order valence-electron chi connectivity index (χ3n) is 2.63. The van der Waals surface area contributed by atoms with Crippen molar-refractivity contribution in [1.29, 1.82) is 0 Å². The third kappa shape index (κ3) is 3.11. The van der Waals surface area contributed by atoms with Crippen molar-refractivity contribution >= 4 is 27.0 Å². The maximum Gasteiger partial charge on any atom is 0.534 e. The van der Waals surface area contributed by atoms with Gasteiger partial charge >= 0.3 is 21.6 Å². The highest BCUT2D eigenvalue weighted by Gasteiger charge is 2.48. The average molecular weight is 355 g/mol. The van der Waals surface area contributed by atoms with E-state index in [0.29, 0.717) is 0 Å². The molecule has 1 aromatic carbocycles. The molecule has 0 amide bonds. The summed E-state index contributed by atoms with van der Waals surface area (Å²) in [4.78, 5) is 28.1. The summed E-state index contributed by atoms with van der Waals surface area (Å²) in [6.07, 6.45) is 0.759. The topological polar surface area (TPSA) is 103 Å². The highest BCUT2D eigenvalue weighted by molar-refractivity contribution is 7.88. The van der Waals surface area contributed by atoms with E-state index in [2.05, 4.69) is 14.1 Å². The van der Waals surface area contributed by atoms with Gasteiger partial charge in [0.05, 0.1) is 5.52 Å². The zero-order valence-corrected chi connectivity index (χ0v) is 11.5. The molecule has 0 aliphatic carbocycles. The molecule has 0 aliphatic rings. The number of aromatic nitrogens is 1. The SMILES string of the molecule is O=C(OF)c1c[nH]c2cc(OS(=O)(=O)C(F)(F)F)ccc2c1=O. The first kappa shape index (κ1) is 16.7. The van der Waals surface area contributed by atoms with Crippen LogP contribution in [0.25, 0.3) is 10.9 Å². The summed E-state index contributed by atoms with van der Waals surface area (Å²) in [5.41, 5.74) is -7.41. The first-order valence-corrected chi connectivity index (χ1v) is 6.97. The molecule has 23 heavy (non-hydrogen) atoms. The fourth-order valence-corrected chi connectivity index (χ4v) is 2.07. The van der Waals surface area contributed by atoms with Crippen LogP contribution in [0.3, 0.4) is 0 Å². The van der Waals surface area contributed by atoms with Crippen molar-refractivity contribution in [3.05, 3.63) is 40.2 Å². The number of H-pyrrole nitrogens is 1. The number of carbonyl (C=O) groups is 1. The number of alkyl halides is 3. The third-order valence-corrected chi connectivity index (χ3v) is 3.61. The Morgan fingerprint density at radius 3 is 2.43 bits per heavy atom. The van der Waals surface area contributed by atoms with Crippen molar-refractivity contribution in [3.63, 3.8) is 0 Å². The van der Waals surface area contributed by atoms with E-state index in [1.807, 2.05) is 0 Å². The van der Waals surface area contributed by atoms with Crippen LogP contribution < -0.4 is 9.61 Å². The van der Waals surface area contributed by atoms with Gasteiger partial charge in [0.15, 0.2) is 0 Å². The number of carbonyl (C=O) groups excluding carboxylic acids is 1. The molecule has 0 bridgehead atoms. The lowest BCUT2D eigenvalue weighted by atomic mass is 10.1. The Morgan fingerprint density at radius 1 is 1.22 bits per heavy atom. The lowest BCUT2D eigenvalue weighted by Crippen LogP contribution is -2.28. The van der Waals surface area contributed by atoms with Crippen molar-refractivity contribution in [2.75, 3.05) is 0 Å². The van der Waals surface area contributed by atoms with Crippen LogP contribution in [0, 0.1) is 0 Å². The van der Waals surface area contributed by atoms with E-state index < -0.39 is 38.3 Å². The Kier molecular flexibility index (Phi) is 4.03. The molecule has 1 aromatic heterocycles. The first-order valence-electron chi connectivity index (χ1n) is 5.56. The Morgan fingerprint density at radius 2 is 1.87 bits per heavy atom. The van der Waals surface area contributed by atoms with Crippen LogP contribution in [0.1, 0.15) is 10.4 Å². The van der Waals surface area contributed by atoms with Gasteiger partial charge in [-0.05, 0) is 12.1 Å². The highest BCUT2D eigenvalue weighted by Crippen LogP contribution is 2.27. The maximum atomic E-state index is 12.2. The average Bonchev–Trinajstić information content (AvgIpc) is 2.45. The number of benzene rings is 1. The quantitative estimate of drug-likeness (QED) is 0.512. The molecule has 1 heterocycles. The van der Waals surface area contributed by atoms with Crippen molar-refractivity contribution in [3.8, 4) is 5.75 Å². The van der Waals surface area contributed by atoms with Gasteiger partial charge in [-0.15, -0.1) is 0 Å². The van der Waals surface area contributed by atoms with Crippen molar-refractivity contribution in [2.24, 2.45) is 0 Å². The molecule has 2 rings (SSSR count). The minimum Gasteiger partial charge on any atom is -0.376 e. The van der Waals surface area contributed by atoms with Crippen LogP contribution in [-0.2, 0) is 15.1 Å². The van der Waals surface area contributed by atoms with Gasteiger partial charge in [-0.3, -0.25) is 4.79 Å². The predicted octanol–water partition coefficient (Wildman–Crippen LogP) is 1.80. The monoisotopic (exact) mass is 355 g/mol. The van der Waals surface area contributed by atoms with Crippen LogP contribution in [-0.4, -0.2) is 24.9 Å². The molecule has 124 valence electrons. The van der Waals surface area contributed by atoms with Crippen molar-refractivity contribution in [1.82, 2.24) is 4.98 Å². The fourth-order valence-electron chi connectivity index (χ4n) is 1.62. The molecule has 0 saturated carbocycles. The van der Waals surface area contributed by atoms with Crippen molar-refractivity contribution in [2.45, 2.75) is 5.51 Å². The van der Waals surface area contributed by atoms with Gasteiger partial charge in [0, 0.05) is 22.2 Å². The Hall–Kier alpha value is -2.63. The van der Waals surface area contributed by atoms with Gasteiger partial charge in [-0.25, -0.2) is 9.74 Å². The molecule has 2 aromatic rings. The lowest BCUT2D eigenvalue weighted by molar-refractivity contribution is -0.0789. The highest BCUT2D eigenvalue weighted by atomic mass is 32.2. The Bertz CT molecular complexity index is 934. The Balaban J connectivity index is 2.50. The number of hydrogen-bond acceptors (Lipinski definition) is 6. The van der Waals surface area contributed by atoms with Gasteiger partial charge in [0.2, 0.25) is 5.43 Å². The van der Waals surface area contributed by atoms with Crippen LogP contribution in [0.2, 0.25) is 0 Å². The summed E-state index contributed by atoms with van der Waals surface area (Å²) in [5, 5.41) is -0.218. The maximum absolute atomic E-state index is 12.2. The molecular formula is C11H5F4NO6S. The molecule has 0 fully saturated rings.